The highest BCUT2D eigenvalue weighted by atomic mass is 16.2. The van der Waals surface area contributed by atoms with Crippen LogP contribution in [0.5, 0.6) is 0 Å². The van der Waals surface area contributed by atoms with Crippen molar-refractivity contribution in [2.24, 2.45) is 0 Å². The summed E-state index contributed by atoms with van der Waals surface area (Å²) < 4.78 is 0. The van der Waals surface area contributed by atoms with Gasteiger partial charge >= 0.3 is 6.03 Å². The van der Waals surface area contributed by atoms with E-state index in [1.165, 1.54) is 4.90 Å². The molecule has 1 aromatic rings. The molecule has 4 heteroatoms. The summed E-state index contributed by atoms with van der Waals surface area (Å²) in [4.78, 5) is 24.9. The van der Waals surface area contributed by atoms with E-state index in [1.54, 1.807) is 13.8 Å². The van der Waals surface area contributed by atoms with E-state index in [-0.39, 0.29) is 11.9 Å². The third-order valence-electron chi connectivity index (χ3n) is 2.91. The number of carbonyl (C=O) groups is 2. The molecule has 1 heterocycles. The average Bonchev–Trinajstić information content (AvgIpc) is 2.44. The quantitative estimate of drug-likeness (QED) is 0.791. The Kier molecular flexibility index (Phi) is 2.65. The van der Waals surface area contributed by atoms with Gasteiger partial charge in [-0.3, -0.25) is 9.69 Å². The molecule has 0 unspecified atom stereocenters. The number of amides is 3. The molecule has 2 rings (SSSR count). The van der Waals surface area contributed by atoms with Crippen LogP contribution in [-0.2, 0) is 11.3 Å². The van der Waals surface area contributed by atoms with Crippen LogP contribution in [0.25, 0.3) is 0 Å². The topological polar surface area (TPSA) is 49.4 Å². The molecule has 1 aliphatic heterocycles. The number of rotatable bonds is 2. The minimum absolute atomic E-state index is 0.178. The SMILES string of the molecule is Cc1ccc(CN2C(=O)NC(C)(C)C2=O)cc1. The highest BCUT2D eigenvalue weighted by molar-refractivity contribution is 6.06. The van der Waals surface area contributed by atoms with E-state index in [0.717, 1.165) is 11.1 Å². The molecule has 1 fully saturated rings. The van der Waals surface area contributed by atoms with Crippen LogP contribution in [0, 0.1) is 6.92 Å². The molecule has 1 saturated heterocycles. The molecule has 0 aromatic heterocycles. The Bertz CT molecular complexity index is 463. The summed E-state index contributed by atoms with van der Waals surface area (Å²) in [7, 11) is 0. The lowest BCUT2D eigenvalue weighted by Crippen LogP contribution is -2.40. The first-order chi connectivity index (χ1) is 7.90. The zero-order chi connectivity index (χ0) is 12.6. The highest BCUT2D eigenvalue weighted by Crippen LogP contribution is 2.19. The van der Waals surface area contributed by atoms with Gasteiger partial charge in [0.05, 0.1) is 6.54 Å². The molecule has 0 radical (unpaired) electrons. The molecule has 0 atom stereocenters. The van der Waals surface area contributed by atoms with Gasteiger partial charge in [0.2, 0.25) is 0 Å². The van der Waals surface area contributed by atoms with Gasteiger partial charge in [0.25, 0.3) is 5.91 Å². The Balaban J connectivity index is 2.17. The molecule has 1 aliphatic rings. The maximum Gasteiger partial charge on any atom is 0.325 e. The van der Waals surface area contributed by atoms with Crippen LogP contribution < -0.4 is 5.32 Å². The number of nitrogens with one attached hydrogen (secondary N) is 1. The third kappa shape index (κ3) is 2.16. The van der Waals surface area contributed by atoms with E-state index in [9.17, 15) is 9.59 Å². The van der Waals surface area contributed by atoms with Gasteiger partial charge in [-0.05, 0) is 26.3 Å². The van der Waals surface area contributed by atoms with E-state index in [4.69, 9.17) is 0 Å². The smallest absolute Gasteiger partial charge is 0.324 e. The largest absolute Gasteiger partial charge is 0.325 e. The van der Waals surface area contributed by atoms with Crippen molar-refractivity contribution >= 4 is 11.9 Å². The van der Waals surface area contributed by atoms with Gasteiger partial charge in [-0.1, -0.05) is 29.8 Å². The minimum Gasteiger partial charge on any atom is -0.324 e. The Morgan fingerprint density at radius 1 is 1.18 bits per heavy atom. The summed E-state index contributed by atoms with van der Waals surface area (Å²) in [6.07, 6.45) is 0. The number of imide groups is 1. The minimum atomic E-state index is -0.790. The first-order valence-corrected chi connectivity index (χ1v) is 5.60. The maximum atomic E-state index is 12.0. The Labute approximate surface area is 101 Å². The van der Waals surface area contributed by atoms with Gasteiger partial charge in [0, 0.05) is 0 Å². The fraction of sp³-hybridized carbons (Fsp3) is 0.385. The zero-order valence-corrected chi connectivity index (χ0v) is 10.3. The Morgan fingerprint density at radius 3 is 2.24 bits per heavy atom. The van der Waals surface area contributed by atoms with Gasteiger partial charge in [0.1, 0.15) is 5.54 Å². The number of hydrogen-bond acceptors (Lipinski definition) is 2. The maximum absolute atomic E-state index is 12.0. The van der Waals surface area contributed by atoms with Crippen molar-refractivity contribution < 1.29 is 9.59 Å². The molecule has 0 saturated carbocycles. The molecular weight excluding hydrogens is 216 g/mol. The molecular formula is C13H16N2O2. The Hall–Kier alpha value is -1.84. The molecule has 4 nitrogen and oxygen atoms in total. The first-order valence-electron chi connectivity index (χ1n) is 5.60. The number of aryl methyl sites for hydroxylation is 1. The molecule has 0 aliphatic carbocycles. The number of benzene rings is 1. The second-order valence-corrected chi connectivity index (χ2v) is 4.93. The van der Waals surface area contributed by atoms with Gasteiger partial charge in [-0.25, -0.2) is 4.79 Å². The van der Waals surface area contributed by atoms with E-state index >= 15 is 0 Å². The summed E-state index contributed by atoms with van der Waals surface area (Å²) in [5.41, 5.74) is 1.32. The number of hydrogen-bond donors (Lipinski definition) is 1. The zero-order valence-electron chi connectivity index (χ0n) is 10.3. The predicted molar refractivity (Wildman–Crippen MR) is 64.3 cm³/mol. The fourth-order valence-corrected chi connectivity index (χ4v) is 1.84. The van der Waals surface area contributed by atoms with Crippen LogP contribution >= 0.6 is 0 Å². The monoisotopic (exact) mass is 232 g/mol. The second-order valence-electron chi connectivity index (χ2n) is 4.93. The molecule has 1 N–H and O–H groups in total. The number of carbonyl (C=O) groups excluding carboxylic acids is 2. The molecule has 0 bridgehead atoms. The van der Waals surface area contributed by atoms with Gasteiger partial charge in [-0.2, -0.15) is 0 Å². The molecule has 0 spiro atoms. The van der Waals surface area contributed by atoms with E-state index in [1.807, 2.05) is 31.2 Å². The lowest BCUT2D eigenvalue weighted by atomic mass is 10.1. The lowest BCUT2D eigenvalue weighted by Gasteiger charge is -2.16. The predicted octanol–water partition coefficient (Wildman–Crippen LogP) is 1.83. The normalized spacial score (nSPS) is 18.4. The van der Waals surface area contributed by atoms with Crippen molar-refractivity contribution in [3.05, 3.63) is 35.4 Å². The van der Waals surface area contributed by atoms with Crippen LogP contribution in [-0.4, -0.2) is 22.4 Å². The molecule has 90 valence electrons. The standard InChI is InChI=1S/C13H16N2O2/c1-9-4-6-10(7-5-9)8-15-11(16)13(2,3)14-12(15)17/h4-7H,8H2,1-3H3,(H,14,17). The Morgan fingerprint density at radius 2 is 1.76 bits per heavy atom. The molecule has 3 amide bonds. The van der Waals surface area contributed by atoms with Gasteiger partial charge in [-0.15, -0.1) is 0 Å². The van der Waals surface area contributed by atoms with Crippen LogP contribution in [0.15, 0.2) is 24.3 Å². The summed E-state index contributed by atoms with van der Waals surface area (Å²) in [5.74, 6) is -0.178. The van der Waals surface area contributed by atoms with Crippen molar-refractivity contribution in [1.82, 2.24) is 10.2 Å². The molecule has 17 heavy (non-hydrogen) atoms. The second kappa shape index (κ2) is 3.87. The summed E-state index contributed by atoms with van der Waals surface area (Å²) >= 11 is 0. The fourth-order valence-electron chi connectivity index (χ4n) is 1.84. The first kappa shape index (κ1) is 11.6. The lowest BCUT2D eigenvalue weighted by molar-refractivity contribution is -0.130. The van der Waals surface area contributed by atoms with Crippen molar-refractivity contribution in [3.63, 3.8) is 0 Å². The van der Waals surface area contributed by atoms with Gasteiger partial charge < -0.3 is 5.32 Å². The van der Waals surface area contributed by atoms with Crippen LogP contribution in [0.4, 0.5) is 4.79 Å². The van der Waals surface area contributed by atoms with Crippen molar-refractivity contribution in [2.45, 2.75) is 32.9 Å². The van der Waals surface area contributed by atoms with Crippen LogP contribution in [0.2, 0.25) is 0 Å². The van der Waals surface area contributed by atoms with Crippen LogP contribution in [0.3, 0.4) is 0 Å². The van der Waals surface area contributed by atoms with Crippen LogP contribution in [0.1, 0.15) is 25.0 Å². The van der Waals surface area contributed by atoms with Crippen molar-refractivity contribution in [2.75, 3.05) is 0 Å². The van der Waals surface area contributed by atoms with E-state index < -0.39 is 5.54 Å². The highest BCUT2D eigenvalue weighted by Gasteiger charge is 2.43. The van der Waals surface area contributed by atoms with Crippen molar-refractivity contribution in [3.8, 4) is 0 Å². The number of urea groups is 1. The van der Waals surface area contributed by atoms with Crippen molar-refractivity contribution in [1.29, 1.82) is 0 Å². The summed E-state index contributed by atoms with van der Waals surface area (Å²) in [6.45, 7) is 5.75. The van der Waals surface area contributed by atoms with E-state index in [0.29, 0.717) is 6.54 Å². The van der Waals surface area contributed by atoms with Gasteiger partial charge in [0.15, 0.2) is 0 Å². The number of nitrogens with zero attached hydrogens (tertiary/aromatic N) is 1. The summed E-state index contributed by atoms with van der Waals surface area (Å²) in [5, 5.41) is 2.66. The molecule has 1 aromatic carbocycles. The third-order valence-corrected chi connectivity index (χ3v) is 2.91. The van der Waals surface area contributed by atoms with E-state index in [2.05, 4.69) is 5.32 Å². The summed E-state index contributed by atoms with van der Waals surface area (Å²) in [6, 6.07) is 7.49. The average molecular weight is 232 g/mol.